The number of rotatable bonds is 7. The molecule has 0 radical (unpaired) electrons. The molecule has 0 atom stereocenters. The van der Waals surface area contributed by atoms with Gasteiger partial charge in [-0.05, 0) is 31.5 Å². The summed E-state index contributed by atoms with van der Waals surface area (Å²) in [5.74, 6) is 1.97. The standard InChI is InChI=1S/C21H26N4O3/c1-21(2)11-16-17(12-22)20(24-14-6-5-7-15(10-14)27-4)25-19(18(16)13-28-21)23-8-9-26-3/h5-7,10H,8-9,11,13H2,1-4H3,(H2,23,24,25). The highest BCUT2D eigenvalue weighted by atomic mass is 16.5. The van der Waals surface area contributed by atoms with Crippen molar-refractivity contribution in [2.45, 2.75) is 32.5 Å². The van der Waals surface area contributed by atoms with Crippen LogP contribution in [-0.2, 0) is 22.5 Å². The average Bonchev–Trinajstić information content (AvgIpc) is 2.67. The molecule has 0 saturated carbocycles. The van der Waals surface area contributed by atoms with E-state index in [1.54, 1.807) is 14.2 Å². The Kier molecular flexibility index (Phi) is 6.02. The second-order valence-corrected chi connectivity index (χ2v) is 7.25. The van der Waals surface area contributed by atoms with Gasteiger partial charge in [-0.25, -0.2) is 4.98 Å². The van der Waals surface area contributed by atoms with Crippen LogP contribution >= 0.6 is 0 Å². The zero-order valence-electron chi connectivity index (χ0n) is 16.8. The molecule has 0 aliphatic carbocycles. The van der Waals surface area contributed by atoms with E-state index >= 15 is 0 Å². The van der Waals surface area contributed by atoms with Crippen LogP contribution < -0.4 is 15.4 Å². The number of nitrogens with zero attached hydrogens (tertiary/aromatic N) is 2. The Hall–Kier alpha value is -2.82. The maximum absolute atomic E-state index is 9.89. The molecule has 7 heteroatoms. The van der Waals surface area contributed by atoms with E-state index < -0.39 is 0 Å². The Balaban J connectivity index is 2.05. The van der Waals surface area contributed by atoms with Gasteiger partial charge in [-0.1, -0.05) is 6.07 Å². The molecule has 0 fully saturated rings. The highest BCUT2D eigenvalue weighted by Gasteiger charge is 2.32. The van der Waals surface area contributed by atoms with Crippen molar-refractivity contribution in [3.63, 3.8) is 0 Å². The van der Waals surface area contributed by atoms with Gasteiger partial charge in [0.05, 0.1) is 31.5 Å². The summed E-state index contributed by atoms with van der Waals surface area (Å²) in [7, 11) is 3.28. The number of nitrogens with one attached hydrogen (secondary N) is 2. The lowest BCUT2D eigenvalue weighted by Gasteiger charge is -2.33. The number of hydrogen-bond donors (Lipinski definition) is 2. The summed E-state index contributed by atoms with van der Waals surface area (Å²) < 4.78 is 16.4. The molecule has 28 heavy (non-hydrogen) atoms. The summed E-state index contributed by atoms with van der Waals surface area (Å²) in [6, 6.07) is 9.88. The summed E-state index contributed by atoms with van der Waals surface area (Å²) in [6.07, 6.45) is 0.638. The smallest absolute Gasteiger partial charge is 0.151 e. The third-order valence-corrected chi connectivity index (χ3v) is 4.66. The Morgan fingerprint density at radius 3 is 2.79 bits per heavy atom. The van der Waals surface area contributed by atoms with Crippen molar-refractivity contribution in [3.05, 3.63) is 41.0 Å². The van der Waals surface area contributed by atoms with Gasteiger partial charge in [0.2, 0.25) is 0 Å². The molecule has 7 nitrogen and oxygen atoms in total. The predicted molar refractivity (Wildman–Crippen MR) is 108 cm³/mol. The highest BCUT2D eigenvalue weighted by Crippen LogP contribution is 2.37. The quantitative estimate of drug-likeness (QED) is 0.707. The maximum atomic E-state index is 9.89. The third-order valence-electron chi connectivity index (χ3n) is 4.66. The van der Waals surface area contributed by atoms with Crippen molar-refractivity contribution in [3.8, 4) is 11.8 Å². The first-order valence-electron chi connectivity index (χ1n) is 9.21. The third kappa shape index (κ3) is 4.35. The van der Waals surface area contributed by atoms with Crippen LogP contribution in [0.3, 0.4) is 0 Å². The van der Waals surface area contributed by atoms with Gasteiger partial charge in [0.15, 0.2) is 5.82 Å². The van der Waals surface area contributed by atoms with Gasteiger partial charge in [0.1, 0.15) is 17.6 Å². The topological polar surface area (TPSA) is 88.4 Å². The number of methoxy groups -OCH3 is 2. The monoisotopic (exact) mass is 382 g/mol. The molecule has 0 spiro atoms. The Morgan fingerprint density at radius 1 is 1.25 bits per heavy atom. The minimum atomic E-state index is -0.336. The van der Waals surface area contributed by atoms with Gasteiger partial charge in [0, 0.05) is 37.4 Å². The van der Waals surface area contributed by atoms with Crippen molar-refractivity contribution in [1.29, 1.82) is 5.26 Å². The number of nitriles is 1. The van der Waals surface area contributed by atoms with E-state index in [1.807, 2.05) is 38.1 Å². The summed E-state index contributed by atoms with van der Waals surface area (Å²) >= 11 is 0. The lowest BCUT2D eigenvalue weighted by atomic mass is 9.89. The van der Waals surface area contributed by atoms with Crippen LogP contribution in [0.1, 0.15) is 30.5 Å². The fourth-order valence-electron chi connectivity index (χ4n) is 3.23. The van der Waals surface area contributed by atoms with Crippen LogP contribution in [0.2, 0.25) is 0 Å². The molecule has 3 rings (SSSR count). The van der Waals surface area contributed by atoms with Gasteiger partial charge < -0.3 is 24.8 Å². The van der Waals surface area contributed by atoms with Gasteiger partial charge in [-0.2, -0.15) is 5.26 Å². The van der Waals surface area contributed by atoms with E-state index in [1.165, 1.54) is 0 Å². The Bertz CT molecular complexity index is 890. The Labute approximate surface area is 165 Å². The van der Waals surface area contributed by atoms with E-state index in [0.717, 1.165) is 22.6 Å². The number of anilines is 3. The summed E-state index contributed by atoms with van der Waals surface area (Å²) in [6.45, 7) is 5.65. The number of pyridine rings is 1. The lowest BCUT2D eigenvalue weighted by molar-refractivity contribution is -0.0399. The largest absolute Gasteiger partial charge is 0.497 e. The number of fused-ring (bicyclic) bond motifs is 1. The van der Waals surface area contributed by atoms with Crippen molar-refractivity contribution in [2.75, 3.05) is 38.0 Å². The van der Waals surface area contributed by atoms with E-state index in [2.05, 4.69) is 16.7 Å². The molecule has 1 aromatic carbocycles. The minimum Gasteiger partial charge on any atom is -0.497 e. The highest BCUT2D eigenvalue weighted by molar-refractivity contribution is 5.71. The average molecular weight is 382 g/mol. The molecule has 1 aliphatic heterocycles. The van der Waals surface area contributed by atoms with Gasteiger partial charge in [-0.15, -0.1) is 0 Å². The molecular weight excluding hydrogens is 356 g/mol. The van der Waals surface area contributed by atoms with E-state index in [9.17, 15) is 5.26 Å². The van der Waals surface area contributed by atoms with Crippen molar-refractivity contribution >= 4 is 17.3 Å². The zero-order valence-corrected chi connectivity index (χ0v) is 16.8. The van der Waals surface area contributed by atoms with Gasteiger partial charge in [0.25, 0.3) is 0 Å². The number of ether oxygens (including phenoxy) is 3. The molecule has 0 unspecified atom stereocenters. The molecule has 2 heterocycles. The minimum absolute atomic E-state index is 0.336. The van der Waals surface area contributed by atoms with Crippen LogP contribution in [0.15, 0.2) is 24.3 Å². The molecule has 2 N–H and O–H groups in total. The first kappa shape index (κ1) is 19.9. The second-order valence-electron chi connectivity index (χ2n) is 7.25. The van der Waals surface area contributed by atoms with E-state index in [0.29, 0.717) is 43.4 Å². The Morgan fingerprint density at radius 2 is 2.07 bits per heavy atom. The number of hydrogen-bond acceptors (Lipinski definition) is 7. The lowest BCUT2D eigenvalue weighted by Crippen LogP contribution is -2.33. The normalized spacial score (nSPS) is 14.7. The molecular formula is C21H26N4O3. The molecule has 1 aromatic heterocycles. The SMILES string of the molecule is COCCNc1nc(Nc2cccc(OC)c2)c(C#N)c2c1COC(C)(C)C2. The number of benzene rings is 1. The fraction of sp³-hybridized carbons (Fsp3) is 0.429. The van der Waals surface area contributed by atoms with E-state index in [-0.39, 0.29) is 5.60 Å². The van der Waals surface area contributed by atoms with Gasteiger partial charge >= 0.3 is 0 Å². The molecule has 1 aliphatic rings. The summed E-state index contributed by atoms with van der Waals surface area (Å²) in [5, 5.41) is 16.5. The zero-order chi connectivity index (χ0) is 20.1. The van der Waals surface area contributed by atoms with Crippen LogP contribution in [0.4, 0.5) is 17.3 Å². The van der Waals surface area contributed by atoms with Crippen LogP contribution in [0, 0.1) is 11.3 Å². The number of aromatic nitrogens is 1. The molecule has 0 amide bonds. The van der Waals surface area contributed by atoms with Crippen molar-refractivity contribution < 1.29 is 14.2 Å². The summed E-state index contributed by atoms with van der Waals surface area (Å²) in [5.41, 5.74) is 2.92. The van der Waals surface area contributed by atoms with E-state index in [4.69, 9.17) is 19.2 Å². The van der Waals surface area contributed by atoms with Gasteiger partial charge in [-0.3, -0.25) is 0 Å². The first-order valence-corrected chi connectivity index (χ1v) is 9.21. The molecule has 2 aromatic rings. The van der Waals surface area contributed by atoms with Crippen LogP contribution in [0.25, 0.3) is 0 Å². The maximum Gasteiger partial charge on any atom is 0.151 e. The molecule has 148 valence electrons. The fourth-order valence-corrected chi connectivity index (χ4v) is 3.23. The first-order chi connectivity index (χ1) is 13.5. The predicted octanol–water partition coefficient (Wildman–Crippen LogP) is 3.62. The summed E-state index contributed by atoms with van der Waals surface area (Å²) in [4.78, 5) is 4.71. The van der Waals surface area contributed by atoms with Crippen LogP contribution in [0.5, 0.6) is 5.75 Å². The molecule has 0 bridgehead atoms. The second kappa shape index (κ2) is 8.46. The molecule has 0 saturated heterocycles. The van der Waals surface area contributed by atoms with Crippen molar-refractivity contribution in [2.24, 2.45) is 0 Å². The van der Waals surface area contributed by atoms with Crippen LogP contribution in [-0.4, -0.2) is 38.0 Å². The van der Waals surface area contributed by atoms with Crippen molar-refractivity contribution in [1.82, 2.24) is 4.98 Å².